The van der Waals surface area contributed by atoms with E-state index < -0.39 is 10.0 Å². The molecule has 1 saturated carbocycles. The summed E-state index contributed by atoms with van der Waals surface area (Å²) >= 11 is 4.78. The molecule has 0 radical (unpaired) electrons. The first-order valence-corrected chi connectivity index (χ1v) is 8.18. The second-order valence-corrected chi connectivity index (χ2v) is 8.85. The van der Waals surface area contributed by atoms with E-state index in [9.17, 15) is 8.42 Å². The Balaban J connectivity index is 2.26. The molecule has 90 valence electrons. The van der Waals surface area contributed by atoms with Crippen molar-refractivity contribution in [2.45, 2.75) is 24.7 Å². The molecule has 0 saturated heterocycles. The molecular formula is C10H14BrNO2S2. The Morgan fingerprint density at radius 3 is 2.62 bits per heavy atom. The van der Waals surface area contributed by atoms with E-state index in [-0.39, 0.29) is 0 Å². The summed E-state index contributed by atoms with van der Waals surface area (Å²) in [7, 11) is -1.62. The molecule has 1 aromatic heterocycles. The summed E-state index contributed by atoms with van der Waals surface area (Å²) in [5.41, 5.74) is 0. The summed E-state index contributed by atoms with van der Waals surface area (Å²) in [5, 5.41) is 0. The number of aryl methyl sites for hydroxylation is 1. The highest BCUT2D eigenvalue weighted by molar-refractivity contribution is 9.11. The van der Waals surface area contributed by atoms with Gasteiger partial charge in [-0.05, 0) is 47.7 Å². The van der Waals surface area contributed by atoms with E-state index in [0.29, 0.717) is 17.4 Å². The Kier molecular flexibility index (Phi) is 3.45. The van der Waals surface area contributed by atoms with Crippen LogP contribution in [0.2, 0.25) is 0 Å². The molecule has 0 spiro atoms. The fourth-order valence-electron chi connectivity index (χ4n) is 1.62. The number of nitrogens with zero attached hydrogens (tertiary/aromatic N) is 1. The minimum absolute atomic E-state index is 0.438. The summed E-state index contributed by atoms with van der Waals surface area (Å²) in [5.74, 6) is 0.571. The molecule has 1 aromatic rings. The van der Waals surface area contributed by atoms with Crippen LogP contribution >= 0.6 is 27.3 Å². The Morgan fingerprint density at radius 2 is 2.19 bits per heavy atom. The molecule has 2 rings (SSSR count). The van der Waals surface area contributed by atoms with Crippen molar-refractivity contribution in [3.05, 3.63) is 14.7 Å². The van der Waals surface area contributed by atoms with Gasteiger partial charge in [0.25, 0.3) is 0 Å². The lowest BCUT2D eigenvalue weighted by Crippen LogP contribution is -2.29. The van der Waals surface area contributed by atoms with Crippen molar-refractivity contribution < 1.29 is 8.42 Å². The highest BCUT2D eigenvalue weighted by Gasteiger charge is 2.30. The van der Waals surface area contributed by atoms with E-state index in [0.717, 1.165) is 21.5 Å². The highest BCUT2D eigenvalue weighted by atomic mass is 79.9. The molecule has 3 nitrogen and oxygen atoms in total. The Labute approximate surface area is 109 Å². The topological polar surface area (TPSA) is 37.4 Å². The number of hydrogen-bond donors (Lipinski definition) is 0. The normalized spacial score (nSPS) is 17.0. The van der Waals surface area contributed by atoms with Gasteiger partial charge in [-0.25, -0.2) is 12.7 Å². The first-order chi connectivity index (χ1) is 7.41. The molecule has 0 bridgehead atoms. The van der Waals surface area contributed by atoms with Gasteiger partial charge < -0.3 is 0 Å². The van der Waals surface area contributed by atoms with Crippen molar-refractivity contribution in [2.24, 2.45) is 5.92 Å². The summed E-state index contributed by atoms with van der Waals surface area (Å²) in [6.07, 6.45) is 2.32. The van der Waals surface area contributed by atoms with Gasteiger partial charge in [0, 0.05) is 18.5 Å². The van der Waals surface area contributed by atoms with Crippen LogP contribution in [0.1, 0.15) is 17.7 Å². The molecular weight excluding hydrogens is 310 g/mol. The zero-order valence-electron chi connectivity index (χ0n) is 9.23. The van der Waals surface area contributed by atoms with Gasteiger partial charge in [0.2, 0.25) is 10.0 Å². The largest absolute Gasteiger partial charge is 0.243 e. The summed E-state index contributed by atoms with van der Waals surface area (Å²) in [4.78, 5) is 1.28. The quantitative estimate of drug-likeness (QED) is 0.854. The van der Waals surface area contributed by atoms with Gasteiger partial charge in [0.05, 0.1) is 8.68 Å². The molecule has 0 unspecified atom stereocenters. The standard InChI is InChI=1S/C10H14BrNO2S2/c1-7-9(5-10(11)15-7)16(13,14)12(2)6-8-3-4-8/h5,8H,3-4,6H2,1-2H3. The molecule has 0 atom stereocenters. The SMILES string of the molecule is Cc1sc(Br)cc1S(=O)(=O)N(C)CC1CC1. The summed E-state index contributed by atoms with van der Waals surface area (Å²) in [6.45, 7) is 2.49. The summed E-state index contributed by atoms with van der Waals surface area (Å²) in [6, 6.07) is 1.69. The van der Waals surface area contributed by atoms with Gasteiger partial charge in [-0.1, -0.05) is 0 Å². The van der Waals surface area contributed by atoms with Gasteiger partial charge in [0.15, 0.2) is 0 Å². The first-order valence-electron chi connectivity index (χ1n) is 5.13. The number of hydrogen-bond acceptors (Lipinski definition) is 3. The smallest absolute Gasteiger partial charge is 0.207 e. The minimum atomic E-state index is -3.29. The van der Waals surface area contributed by atoms with Crippen LogP contribution < -0.4 is 0 Å². The zero-order valence-corrected chi connectivity index (χ0v) is 12.5. The van der Waals surface area contributed by atoms with Gasteiger partial charge in [-0.15, -0.1) is 11.3 Å². The van der Waals surface area contributed by atoms with E-state index in [1.807, 2.05) is 6.92 Å². The highest BCUT2D eigenvalue weighted by Crippen LogP contribution is 2.34. The second-order valence-electron chi connectivity index (χ2n) is 4.20. The molecule has 1 fully saturated rings. The lowest BCUT2D eigenvalue weighted by Gasteiger charge is -2.16. The van der Waals surface area contributed by atoms with Crippen LogP contribution in [0.3, 0.4) is 0 Å². The lowest BCUT2D eigenvalue weighted by atomic mass is 10.4. The average Bonchev–Trinajstić information content (AvgIpc) is 2.91. The molecule has 6 heteroatoms. The molecule has 0 N–H and O–H groups in total. The lowest BCUT2D eigenvalue weighted by molar-refractivity contribution is 0.453. The van der Waals surface area contributed by atoms with Crippen LogP contribution in [0.5, 0.6) is 0 Å². The molecule has 1 aliphatic rings. The fourth-order valence-corrected chi connectivity index (χ4v) is 5.24. The Hall–Kier alpha value is 0.0900. The fraction of sp³-hybridized carbons (Fsp3) is 0.600. The molecule has 1 heterocycles. The van der Waals surface area contributed by atoms with Crippen molar-refractivity contribution in [1.82, 2.24) is 4.31 Å². The second kappa shape index (κ2) is 4.40. The van der Waals surface area contributed by atoms with Gasteiger partial charge in [-0.2, -0.15) is 0 Å². The van der Waals surface area contributed by atoms with E-state index in [4.69, 9.17) is 0 Å². The van der Waals surface area contributed by atoms with Gasteiger partial charge >= 0.3 is 0 Å². The zero-order chi connectivity index (χ0) is 11.9. The molecule has 0 aliphatic heterocycles. The number of sulfonamides is 1. The van der Waals surface area contributed by atoms with Crippen LogP contribution in [0.4, 0.5) is 0 Å². The van der Waals surface area contributed by atoms with Crippen LogP contribution in [-0.2, 0) is 10.0 Å². The third kappa shape index (κ3) is 2.50. The average molecular weight is 324 g/mol. The van der Waals surface area contributed by atoms with Crippen LogP contribution in [0.15, 0.2) is 14.7 Å². The van der Waals surface area contributed by atoms with Crippen molar-refractivity contribution >= 4 is 37.3 Å². The molecule has 1 aliphatic carbocycles. The van der Waals surface area contributed by atoms with Gasteiger partial charge in [-0.3, -0.25) is 0 Å². The van der Waals surface area contributed by atoms with Crippen LogP contribution in [0, 0.1) is 12.8 Å². The number of thiophene rings is 1. The van der Waals surface area contributed by atoms with Crippen molar-refractivity contribution in [2.75, 3.05) is 13.6 Å². The van der Waals surface area contributed by atoms with Crippen molar-refractivity contribution in [3.63, 3.8) is 0 Å². The summed E-state index contributed by atoms with van der Waals surface area (Å²) < 4.78 is 26.8. The first kappa shape index (κ1) is 12.5. The Bertz CT molecular complexity index is 491. The van der Waals surface area contributed by atoms with Crippen LogP contribution in [0.25, 0.3) is 0 Å². The van der Waals surface area contributed by atoms with Gasteiger partial charge in [0.1, 0.15) is 0 Å². The van der Waals surface area contributed by atoms with E-state index in [2.05, 4.69) is 15.9 Å². The predicted molar refractivity (Wildman–Crippen MR) is 69.3 cm³/mol. The minimum Gasteiger partial charge on any atom is -0.207 e. The Morgan fingerprint density at radius 1 is 1.56 bits per heavy atom. The third-order valence-electron chi connectivity index (χ3n) is 2.74. The van der Waals surface area contributed by atoms with Crippen molar-refractivity contribution in [3.8, 4) is 0 Å². The molecule has 0 aromatic carbocycles. The maximum Gasteiger partial charge on any atom is 0.243 e. The van der Waals surface area contributed by atoms with E-state index in [1.54, 1.807) is 13.1 Å². The van der Waals surface area contributed by atoms with E-state index >= 15 is 0 Å². The van der Waals surface area contributed by atoms with Crippen molar-refractivity contribution in [1.29, 1.82) is 0 Å². The maximum absolute atomic E-state index is 12.2. The number of halogens is 1. The third-order valence-corrected chi connectivity index (χ3v) is 6.37. The van der Waals surface area contributed by atoms with E-state index in [1.165, 1.54) is 15.6 Å². The maximum atomic E-state index is 12.2. The van der Waals surface area contributed by atoms with Crippen LogP contribution in [-0.4, -0.2) is 26.3 Å². The molecule has 0 amide bonds. The predicted octanol–water partition coefficient (Wildman–Crippen LogP) is 2.85. The molecule has 16 heavy (non-hydrogen) atoms. The monoisotopic (exact) mass is 323 g/mol. The number of rotatable bonds is 4.